The maximum Gasteiger partial charge on any atom is 0.273 e. The number of thiazole rings is 1. The molecule has 24 heavy (non-hydrogen) atoms. The van der Waals surface area contributed by atoms with E-state index in [-0.39, 0.29) is 11.1 Å². The van der Waals surface area contributed by atoms with Gasteiger partial charge in [-0.2, -0.15) is 10.5 Å². The van der Waals surface area contributed by atoms with Crippen LogP contribution in [0.5, 0.6) is 0 Å². The highest BCUT2D eigenvalue weighted by Gasteiger charge is 2.10. The molecule has 0 spiro atoms. The third-order valence-corrected chi connectivity index (χ3v) is 4.47. The summed E-state index contributed by atoms with van der Waals surface area (Å²) < 4.78 is 2.24. The predicted molar refractivity (Wildman–Crippen MR) is 93.8 cm³/mol. The van der Waals surface area contributed by atoms with Gasteiger partial charge in [-0.25, -0.2) is 0 Å². The maximum absolute atomic E-state index is 12.8. The fourth-order valence-electron chi connectivity index (χ4n) is 2.28. The molecule has 5 heteroatoms. The van der Waals surface area contributed by atoms with Crippen molar-refractivity contribution in [1.29, 1.82) is 10.5 Å². The van der Waals surface area contributed by atoms with Crippen molar-refractivity contribution >= 4 is 23.0 Å². The first-order valence-corrected chi connectivity index (χ1v) is 7.95. The van der Waals surface area contributed by atoms with E-state index in [0.717, 1.165) is 16.9 Å². The van der Waals surface area contributed by atoms with Gasteiger partial charge in [-0.3, -0.25) is 9.36 Å². The summed E-state index contributed by atoms with van der Waals surface area (Å²) in [5.41, 5.74) is 1.20. The van der Waals surface area contributed by atoms with Crippen LogP contribution in [0.2, 0.25) is 0 Å². The van der Waals surface area contributed by atoms with Crippen LogP contribution in [-0.4, -0.2) is 4.57 Å². The van der Waals surface area contributed by atoms with Crippen molar-refractivity contribution in [3.8, 4) is 17.8 Å². The van der Waals surface area contributed by atoms with E-state index in [9.17, 15) is 15.3 Å². The molecule has 0 aliphatic rings. The van der Waals surface area contributed by atoms with Crippen molar-refractivity contribution in [1.82, 2.24) is 4.57 Å². The number of rotatable bonds is 2. The number of hydrogen-bond donors (Lipinski definition) is 0. The van der Waals surface area contributed by atoms with Gasteiger partial charge in [-0.15, -0.1) is 11.3 Å². The van der Waals surface area contributed by atoms with Crippen molar-refractivity contribution in [2.75, 3.05) is 0 Å². The zero-order valence-electron chi connectivity index (χ0n) is 12.5. The minimum Gasteiger partial charge on any atom is -0.267 e. The van der Waals surface area contributed by atoms with Crippen molar-refractivity contribution in [3.63, 3.8) is 0 Å². The molecule has 0 amide bonds. The molecule has 0 saturated heterocycles. The number of aromatic nitrogens is 1. The molecule has 0 aliphatic carbocycles. The summed E-state index contributed by atoms with van der Waals surface area (Å²) >= 11 is 1.15. The van der Waals surface area contributed by atoms with Crippen LogP contribution in [-0.2, 0) is 0 Å². The van der Waals surface area contributed by atoms with E-state index >= 15 is 0 Å². The summed E-state index contributed by atoms with van der Waals surface area (Å²) in [5, 5.41) is 18.4. The van der Waals surface area contributed by atoms with Gasteiger partial charge in [0.1, 0.15) is 16.8 Å². The van der Waals surface area contributed by atoms with Crippen molar-refractivity contribution in [2.45, 2.75) is 0 Å². The van der Waals surface area contributed by atoms with Gasteiger partial charge >= 0.3 is 0 Å². The number of benzene rings is 2. The quantitative estimate of drug-likeness (QED) is 0.721. The van der Waals surface area contributed by atoms with Gasteiger partial charge in [0, 0.05) is 0 Å². The van der Waals surface area contributed by atoms with Gasteiger partial charge in [0.2, 0.25) is 0 Å². The summed E-state index contributed by atoms with van der Waals surface area (Å²) in [4.78, 5) is 12.8. The Morgan fingerprint density at radius 2 is 1.54 bits per heavy atom. The summed E-state index contributed by atoms with van der Waals surface area (Å²) in [7, 11) is 0. The molecule has 114 valence electrons. The fourth-order valence-corrected chi connectivity index (χ4v) is 3.34. The first-order valence-electron chi connectivity index (χ1n) is 7.13. The zero-order valence-corrected chi connectivity index (χ0v) is 13.3. The van der Waals surface area contributed by atoms with Crippen LogP contribution in [0.25, 0.3) is 17.3 Å². The van der Waals surface area contributed by atoms with Crippen molar-refractivity contribution < 1.29 is 0 Å². The Morgan fingerprint density at radius 1 is 0.958 bits per heavy atom. The molecule has 2 aromatic carbocycles. The molecular formula is C19H11N3OS. The van der Waals surface area contributed by atoms with Gasteiger partial charge in [0.25, 0.3) is 5.56 Å². The van der Waals surface area contributed by atoms with Crippen LogP contribution < -0.4 is 14.8 Å². The van der Waals surface area contributed by atoms with E-state index in [1.165, 1.54) is 4.57 Å². The number of para-hydroxylation sites is 1. The minimum absolute atomic E-state index is 0.0753. The van der Waals surface area contributed by atoms with E-state index in [1.54, 1.807) is 18.2 Å². The van der Waals surface area contributed by atoms with Crippen molar-refractivity contribution in [3.05, 3.63) is 85.8 Å². The Bertz CT molecular complexity index is 1110. The smallest absolute Gasteiger partial charge is 0.267 e. The van der Waals surface area contributed by atoms with Crippen molar-refractivity contribution in [2.24, 2.45) is 0 Å². The van der Waals surface area contributed by atoms with E-state index in [2.05, 4.69) is 0 Å². The van der Waals surface area contributed by atoms with E-state index in [4.69, 9.17) is 0 Å². The molecule has 3 rings (SSSR count). The molecule has 4 nitrogen and oxygen atoms in total. The molecule has 0 aliphatic heterocycles. The highest BCUT2D eigenvalue weighted by atomic mass is 32.1. The Labute approximate surface area is 142 Å². The molecule has 3 aromatic rings. The second kappa shape index (κ2) is 6.78. The zero-order chi connectivity index (χ0) is 16.9. The topological polar surface area (TPSA) is 69.6 Å². The van der Waals surface area contributed by atoms with Crippen LogP contribution in [0.15, 0.2) is 65.5 Å². The average Bonchev–Trinajstić information content (AvgIpc) is 2.94. The Balaban J connectivity index is 2.41. The standard InChI is InChI=1S/C19H11N3OS/c20-12-15(13-21)19-22(16-9-5-2-6-10-16)18(23)17(24-19)11-14-7-3-1-4-8-14/h1-11H/b17-11-. The molecule has 1 heterocycles. The lowest BCUT2D eigenvalue weighted by molar-refractivity contribution is 0.988. The largest absolute Gasteiger partial charge is 0.273 e. The highest BCUT2D eigenvalue weighted by molar-refractivity contribution is 7.07. The Hall–Kier alpha value is -3.41. The lowest BCUT2D eigenvalue weighted by Gasteiger charge is -2.00. The third-order valence-electron chi connectivity index (χ3n) is 3.37. The van der Waals surface area contributed by atoms with Gasteiger partial charge in [0.15, 0.2) is 5.57 Å². The Kier molecular flexibility index (Phi) is 4.38. The lowest BCUT2D eigenvalue weighted by Crippen LogP contribution is -2.30. The molecule has 0 bridgehead atoms. The summed E-state index contributed by atoms with van der Waals surface area (Å²) in [6, 6.07) is 22.2. The van der Waals surface area contributed by atoms with Gasteiger partial charge in [0.05, 0.1) is 10.2 Å². The molecule has 0 atom stereocenters. The van der Waals surface area contributed by atoms with E-state index in [1.807, 2.05) is 60.7 Å². The van der Waals surface area contributed by atoms with Crippen LogP contribution in [0.1, 0.15) is 5.56 Å². The second-order valence-electron chi connectivity index (χ2n) is 4.90. The van der Waals surface area contributed by atoms with Gasteiger partial charge in [-0.1, -0.05) is 48.5 Å². The van der Waals surface area contributed by atoms with E-state index in [0.29, 0.717) is 14.9 Å². The SMILES string of the molecule is N#CC(C#N)=c1s/c(=C\c2ccccc2)c(=O)n1-c1ccccc1. The van der Waals surface area contributed by atoms with Gasteiger partial charge < -0.3 is 0 Å². The normalized spacial score (nSPS) is 10.8. The summed E-state index contributed by atoms with van der Waals surface area (Å²) in [6.45, 7) is 0. The molecule has 0 fully saturated rings. The molecule has 0 unspecified atom stereocenters. The molecule has 0 saturated carbocycles. The van der Waals surface area contributed by atoms with E-state index < -0.39 is 0 Å². The first-order chi connectivity index (χ1) is 11.7. The van der Waals surface area contributed by atoms with Crippen LogP contribution in [0.4, 0.5) is 0 Å². The molecule has 0 N–H and O–H groups in total. The maximum atomic E-state index is 12.8. The third kappa shape index (κ3) is 2.89. The summed E-state index contributed by atoms with van der Waals surface area (Å²) in [5.74, 6) is 0. The van der Waals surface area contributed by atoms with Crippen LogP contribution in [0, 0.1) is 22.7 Å². The Morgan fingerprint density at radius 3 is 2.12 bits per heavy atom. The lowest BCUT2D eigenvalue weighted by atomic mass is 10.2. The predicted octanol–water partition coefficient (Wildman–Crippen LogP) is 1.93. The summed E-state index contributed by atoms with van der Waals surface area (Å²) in [6.07, 6.45) is 1.77. The highest BCUT2D eigenvalue weighted by Crippen LogP contribution is 2.03. The second-order valence-corrected chi connectivity index (χ2v) is 5.93. The van der Waals surface area contributed by atoms with Crippen LogP contribution in [0.3, 0.4) is 0 Å². The monoisotopic (exact) mass is 329 g/mol. The minimum atomic E-state index is -0.243. The average molecular weight is 329 g/mol. The first kappa shape index (κ1) is 15.5. The van der Waals surface area contributed by atoms with Gasteiger partial charge in [-0.05, 0) is 23.8 Å². The molecular weight excluding hydrogens is 318 g/mol. The fraction of sp³-hybridized carbons (Fsp3) is 0. The van der Waals surface area contributed by atoms with Crippen LogP contribution >= 0.6 is 11.3 Å². The number of nitrogens with zero attached hydrogens (tertiary/aromatic N) is 3. The molecule has 1 aromatic heterocycles. The number of nitriles is 2. The molecule has 0 radical (unpaired) electrons. The number of hydrogen-bond acceptors (Lipinski definition) is 4.